The fraction of sp³-hybridized carbons (Fsp3) is 0.308. The molecule has 5 heteroatoms. The van der Waals surface area contributed by atoms with E-state index < -0.39 is 0 Å². The number of allylic oxidation sites excluding steroid dienone is 1. The molecule has 1 saturated heterocycles. The van der Waals surface area contributed by atoms with Crippen LogP contribution in [0.3, 0.4) is 0 Å². The lowest BCUT2D eigenvalue weighted by Gasteiger charge is -2.42. The number of hydrogen-bond acceptors (Lipinski definition) is 5. The number of nitrogens with one attached hydrogen (secondary N) is 2. The second kappa shape index (κ2) is 7.41. The van der Waals surface area contributed by atoms with Crippen LogP contribution in [-0.2, 0) is 5.41 Å². The van der Waals surface area contributed by atoms with Crippen molar-refractivity contribution in [3.63, 3.8) is 0 Å². The smallest absolute Gasteiger partial charge is 0.120 e. The molecular formula is C26H30N4O. The van der Waals surface area contributed by atoms with E-state index in [-0.39, 0.29) is 11.6 Å². The molecule has 0 amide bonds. The zero-order chi connectivity index (χ0) is 21.6. The summed E-state index contributed by atoms with van der Waals surface area (Å²) in [5.74, 6) is 1.52. The summed E-state index contributed by atoms with van der Waals surface area (Å²) in [5.41, 5.74) is 3.25. The second-order valence-corrected chi connectivity index (χ2v) is 8.84. The maximum Gasteiger partial charge on any atom is 0.120 e. The first-order valence-electron chi connectivity index (χ1n) is 10.9. The molecule has 3 N–H and O–H groups in total. The van der Waals surface area contributed by atoms with Gasteiger partial charge in [0.25, 0.3) is 0 Å². The Labute approximate surface area is 183 Å². The van der Waals surface area contributed by atoms with Crippen LogP contribution in [0.4, 0.5) is 0 Å². The number of fused-ring (bicyclic) bond motifs is 1. The van der Waals surface area contributed by atoms with Gasteiger partial charge in [-0.2, -0.15) is 0 Å². The number of benzene rings is 2. The summed E-state index contributed by atoms with van der Waals surface area (Å²) in [4.78, 5) is 4.73. The van der Waals surface area contributed by atoms with Gasteiger partial charge >= 0.3 is 0 Å². The quantitative estimate of drug-likeness (QED) is 0.696. The lowest BCUT2D eigenvalue weighted by Crippen LogP contribution is -2.56. The van der Waals surface area contributed by atoms with E-state index in [9.17, 15) is 5.11 Å². The monoisotopic (exact) mass is 414 g/mol. The van der Waals surface area contributed by atoms with Gasteiger partial charge in [0.05, 0.1) is 6.54 Å². The zero-order valence-electron chi connectivity index (χ0n) is 18.1. The number of nitrogens with zero attached hydrogens (tertiary/aromatic N) is 2. The molecule has 5 nitrogen and oxygen atoms in total. The molecule has 0 radical (unpaired) electrons. The summed E-state index contributed by atoms with van der Waals surface area (Å²) in [7, 11) is 2.15. The van der Waals surface area contributed by atoms with Crippen LogP contribution in [0.25, 0.3) is 11.9 Å². The number of phenolic OH excluding ortho intramolecular Hbond substituents is 1. The van der Waals surface area contributed by atoms with E-state index in [0.29, 0.717) is 5.75 Å². The summed E-state index contributed by atoms with van der Waals surface area (Å²) in [6, 6.07) is 16.1. The van der Waals surface area contributed by atoms with E-state index in [2.05, 4.69) is 71.0 Å². The summed E-state index contributed by atoms with van der Waals surface area (Å²) >= 11 is 0. The Kier molecular flexibility index (Phi) is 4.69. The molecule has 2 aromatic carbocycles. The van der Waals surface area contributed by atoms with Gasteiger partial charge in [0.1, 0.15) is 17.7 Å². The molecule has 2 aromatic rings. The molecule has 5 rings (SSSR count). The predicted octanol–water partition coefficient (Wildman–Crippen LogP) is 1.76. The van der Waals surface area contributed by atoms with Crippen molar-refractivity contribution in [1.29, 1.82) is 0 Å². The Morgan fingerprint density at radius 2 is 1.90 bits per heavy atom. The molecule has 0 spiro atoms. The Morgan fingerprint density at radius 1 is 1.16 bits per heavy atom. The topological polar surface area (TPSA) is 50.8 Å². The first-order chi connectivity index (χ1) is 15.0. The van der Waals surface area contributed by atoms with Gasteiger partial charge in [0.15, 0.2) is 0 Å². The van der Waals surface area contributed by atoms with E-state index in [1.165, 1.54) is 21.8 Å². The fourth-order valence-electron chi connectivity index (χ4n) is 4.88. The van der Waals surface area contributed by atoms with Gasteiger partial charge < -0.3 is 25.5 Å². The summed E-state index contributed by atoms with van der Waals surface area (Å²) < 4.78 is 0. The summed E-state index contributed by atoms with van der Waals surface area (Å²) in [6.07, 6.45) is 4.44. The highest BCUT2D eigenvalue weighted by Gasteiger charge is 2.47. The van der Waals surface area contributed by atoms with Crippen LogP contribution in [-0.4, -0.2) is 47.8 Å². The first-order valence-corrected chi connectivity index (χ1v) is 10.9. The minimum absolute atomic E-state index is 0.00939. The average molecular weight is 415 g/mol. The van der Waals surface area contributed by atoms with E-state index in [1.54, 1.807) is 12.1 Å². The minimum Gasteiger partial charge on any atom is -0.508 e. The maximum absolute atomic E-state index is 9.67. The van der Waals surface area contributed by atoms with Crippen molar-refractivity contribution in [3.05, 3.63) is 89.1 Å². The van der Waals surface area contributed by atoms with Crippen molar-refractivity contribution in [3.8, 4) is 5.75 Å². The molecule has 2 fully saturated rings. The third kappa shape index (κ3) is 3.44. The van der Waals surface area contributed by atoms with Crippen molar-refractivity contribution in [1.82, 2.24) is 20.4 Å². The number of piperazine rings is 1. The van der Waals surface area contributed by atoms with Gasteiger partial charge in [0.2, 0.25) is 0 Å². The molecule has 2 heterocycles. The van der Waals surface area contributed by atoms with Crippen LogP contribution < -0.4 is 21.1 Å². The van der Waals surface area contributed by atoms with Crippen LogP contribution in [0, 0.1) is 0 Å². The summed E-state index contributed by atoms with van der Waals surface area (Å²) in [5, 5.41) is 19.3. The van der Waals surface area contributed by atoms with Gasteiger partial charge in [-0.3, -0.25) is 0 Å². The normalized spacial score (nSPS) is 21.6. The van der Waals surface area contributed by atoms with E-state index in [1.807, 2.05) is 12.1 Å². The fourth-order valence-corrected chi connectivity index (χ4v) is 4.88. The Bertz CT molecular complexity index is 1150. The molecule has 0 bridgehead atoms. The molecule has 160 valence electrons. The molecule has 1 saturated carbocycles. The lowest BCUT2D eigenvalue weighted by molar-refractivity contribution is 0.262. The molecular weight excluding hydrogens is 384 g/mol. The van der Waals surface area contributed by atoms with Crippen molar-refractivity contribution < 1.29 is 5.11 Å². The minimum atomic E-state index is -0.0527. The van der Waals surface area contributed by atoms with Gasteiger partial charge in [-0.25, -0.2) is 0 Å². The van der Waals surface area contributed by atoms with Gasteiger partial charge in [-0.05, 0) is 41.8 Å². The van der Waals surface area contributed by atoms with E-state index in [4.69, 9.17) is 0 Å². The van der Waals surface area contributed by atoms with Gasteiger partial charge in [-0.15, -0.1) is 0 Å². The van der Waals surface area contributed by atoms with Gasteiger partial charge in [0, 0.05) is 42.2 Å². The van der Waals surface area contributed by atoms with Crippen LogP contribution in [0.15, 0.2) is 73.1 Å². The number of aromatic hydroxyl groups is 1. The average Bonchev–Trinajstić information content (AvgIpc) is 3.57. The standard InChI is InChI=1S/C26H30N4O/c1-18-17-30(15-14-27-18)25-23-7-5-4-6-20(23)16-24(29(25)3)28-19(2)26(12-13-26)21-8-10-22(31)11-9-21/h4-11,16,24,27-28,31H,1-2,12-15,17H2,3H3. The van der Waals surface area contributed by atoms with Gasteiger partial charge in [-0.1, -0.05) is 49.6 Å². The first kappa shape index (κ1) is 19.6. The largest absolute Gasteiger partial charge is 0.508 e. The highest BCUT2D eigenvalue weighted by atomic mass is 16.3. The van der Waals surface area contributed by atoms with Crippen molar-refractivity contribution in [2.45, 2.75) is 24.4 Å². The SMILES string of the molecule is C=C1CN(C2=c3ccccc3=CC(NC(=C)C3(c4ccc(O)cc4)CC3)N2C)CCN1. The second-order valence-electron chi connectivity index (χ2n) is 8.84. The summed E-state index contributed by atoms with van der Waals surface area (Å²) in [6.45, 7) is 11.2. The van der Waals surface area contributed by atoms with Crippen molar-refractivity contribution in [2.24, 2.45) is 0 Å². The van der Waals surface area contributed by atoms with Crippen LogP contribution in [0.5, 0.6) is 5.75 Å². The lowest BCUT2D eigenvalue weighted by atomic mass is 9.92. The number of hydrogen-bond donors (Lipinski definition) is 3. The highest BCUT2D eigenvalue weighted by Crippen LogP contribution is 2.52. The van der Waals surface area contributed by atoms with Crippen LogP contribution in [0.2, 0.25) is 0 Å². The van der Waals surface area contributed by atoms with Crippen LogP contribution >= 0.6 is 0 Å². The Hall–Kier alpha value is -3.34. The highest BCUT2D eigenvalue weighted by molar-refractivity contribution is 5.53. The molecule has 31 heavy (non-hydrogen) atoms. The van der Waals surface area contributed by atoms with E-state index in [0.717, 1.165) is 43.9 Å². The Morgan fingerprint density at radius 3 is 2.61 bits per heavy atom. The third-order valence-electron chi connectivity index (χ3n) is 6.80. The third-order valence-corrected chi connectivity index (χ3v) is 6.80. The molecule has 2 aliphatic heterocycles. The molecule has 1 atom stereocenters. The molecule has 1 aliphatic carbocycles. The van der Waals surface area contributed by atoms with Crippen molar-refractivity contribution in [2.75, 3.05) is 26.7 Å². The predicted molar refractivity (Wildman–Crippen MR) is 125 cm³/mol. The van der Waals surface area contributed by atoms with Crippen LogP contribution in [0.1, 0.15) is 18.4 Å². The molecule has 3 aliphatic rings. The maximum atomic E-state index is 9.67. The number of phenols is 1. The zero-order valence-corrected chi connectivity index (χ0v) is 18.1. The van der Waals surface area contributed by atoms with E-state index >= 15 is 0 Å². The molecule has 0 aromatic heterocycles. The number of rotatable bonds is 5. The Balaban J connectivity index is 1.46. The van der Waals surface area contributed by atoms with Crippen molar-refractivity contribution >= 4 is 11.9 Å². The molecule has 1 unspecified atom stereocenters.